The van der Waals surface area contributed by atoms with Crippen molar-refractivity contribution in [2.75, 3.05) is 19.6 Å². The Hall–Kier alpha value is 0.1000. The van der Waals surface area contributed by atoms with E-state index in [1.165, 1.54) is 37.9 Å². The van der Waals surface area contributed by atoms with Gasteiger partial charge in [0, 0.05) is 28.1 Å². The standard InChI is InChI=1S/C15H22Br2N2/c1-2-3-11-6-7-19(10-11)15(9-18)12-4-5-13(16)14(17)8-12/h4-5,8,11,15H,2-3,6-7,9-10,18H2,1H3. The van der Waals surface area contributed by atoms with Crippen LogP contribution in [-0.2, 0) is 0 Å². The van der Waals surface area contributed by atoms with E-state index in [1.54, 1.807) is 0 Å². The highest BCUT2D eigenvalue weighted by molar-refractivity contribution is 9.13. The first-order valence-electron chi connectivity index (χ1n) is 7.04. The maximum absolute atomic E-state index is 6.02. The highest BCUT2D eigenvalue weighted by Crippen LogP contribution is 2.32. The number of likely N-dealkylation sites (tertiary alicyclic amines) is 1. The van der Waals surface area contributed by atoms with Crippen molar-refractivity contribution in [2.45, 2.75) is 32.2 Å². The fraction of sp³-hybridized carbons (Fsp3) is 0.600. The van der Waals surface area contributed by atoms with Gasteiger partial charge in [0.2, 0.25) is 0 Å². The molecule has 0 amide bonds. The first-order valence-corrected chi connectivity index (χ1v) is 8.63. The minimum Gasteiger partial charge on any atom is -0.329 e. The summed E-state index contributed by atoms with van der Waals surface area (Å²) in [5.74, 6) is 0.859. The number of benzene rings is 1. The summed E-state index contributed by atoms with van der Waals surface area (Å²) in [6.07, 6.45) is 3.95. The maximum Gasteiger partial charge on any atom is 0.0470 e. The molecule has 19 heavy (non-hydrogen) atoms. The molecule has 0 saturated carbocycles. The summed E-state index contributed by atoms with van der Waals surface area (Å²) in [6.45, 7) is 5.34. The van der Waals surface area contributed by atoms with Gasteiger partial charge in [-0.3, -0.25) is 4.90 Å². The molecule has 2 rings (SSSR count). The van der Waals surface area contributed by atoms with E-state index in [0.29, 0.717) is 12.6 Å². The van der Waals surface area contributed by atoms with Gasteiger partial charge < -0.3 is 5.73 Å². The second-order valence-electron chi connectivity index (χ2n) is 5.36. The van der Waals surface area contributed by atoms with Gasteiger partial charge in [0.1, 0.15) is 0 Å². The third-order valence-corrected chi connectivity index (χ3v) is 5.89. The number of nitrogens with two attached hydrogens (primary N) is 1. The molecule has 0 bridgehead atoms. The molecule has 1 heterocycles. The summed E-state index contributed by atoms with van der Waals surface area (Å²) in [5.41, 5.74) is 7.34. The molecule has 0 aromatic heterocycles. The van der Waals surface area contributed by atoms with E-state index in [0.717, 1.165) is 14.9 Å². The molecule has 1 aromatic carbocycles. The first-order chi connectivity index (χ1) is 9.15. The monoisotopic (exact) mass is 388 g/mol. The Morgan fingerprint density at radius 1 is 1.37 bits per heavy atom. The fourth-order valence-electron chi connectivity index (χ4n) is 3.01. The summed E-state index contributed by atoms with van der Waals surface area (Å²) < 4.78 is 2.20. The third-order valence-electron chi connectivity index (χ3n) is 4.01. The zero-order valence-electron chi connectivity index (χ0n) is 11.4. The SMILES string of the molecule is CCCC1CCN(C(CN)c2ccc(Br)c(Br)c2)C1. The number of hydrogen-bond acceptors (Lipinski definition) is 2. The van der Waals surface area contributed by atoms with Gasteiger partial charge in [-0.2, -0.15) is 0 Å². The molecule has 2 nitrogen and oxygen atoms in total. The molecule has 0 aliphatic carbocycles. The molecule has 0 spiro atoms. The van der Waals surface area contributed by atoms with Crippen molar-refractivity contribution in [1.82, 2.24) is 4.90 Å². The second kappa shape index (κ2) is 7.21. The lowest BCUT2D eigenvalue weighted by Gasteiger charge is -2.27. The van der Waals surface area contributed by atoms with Crippen LogP contribution in [0.5, 0.6) is 0 Å². The summed E-state index contributed by atoms with van der Waals surface area (Å²) in [5, 5.41) is 0. The summed E-state index contributed by atoms with van der Waals surface area (Å²) >= 11 is 7.10. The number of nitrogens with zero attached hydrogens (tertiary/aromatic N) is 1. The molecule has 4 heteroatoms. The van der Waals surface area contributed by atoms with E-state index in [4.69, 9.17) is 5.73 Å². The van der Waals surface area contributed by atoms with Crippen molar-refractivity contribution in [3.63, 3.8) is 0 Å². The molecule has 1 fully saturated rings. The molecule has 1 saturated heterocycles. The Kier molecular flexibility index (Phi) is 5.87. The highest BCUT2D eigenvalue weighted by atomic mass is 79.9. The van der Waals surface area contributed by atoms with Crippen LogP contribution in [-0.4, -0.2) is 24.5 Å². The maximum atomic E-state index is 6.02. The zero-order valence-corrected chi connectivity index (χ0v) is 14.6. The van der Waals surface area contributed by atoms with Gasteiger partial charge in [0.25, 0.3) is 0 Å². The van der Waals surface area contributed by atoms with Gasteiger partial charge >= 0.3 is 0 Å². The van der Waals surface area contributed by atoms with Crippen LogP contribution in [0.25, 0.3) is 0 Å². The third kappa shape index (κ3) is 3.81. The van der Waals surface area contributed by atoms with E-state index < -0.39 is 0 Å². The summed E-state index contributed by atoms with van der Waals surface area (Å²) in [4.78, 5) is 2.55. The molecule has 2 atom stereocenters. The van der Waals surface area contributed by atoms with Crippen LogP contribution in [0.3, 0.4) is 0 Å². The van der Waals surface area contributed by atoms with E-state index >= 15 is 0 Å². The molecular formula is C15H22Br2N2. The zero-order chi connectivity index (χ0) is 13.8. The Balaban J connectivity index is 2.09. The smallest absolute Gasteiger partial charge is 0.0470 e. The van der Waals surface area contributed by atoms with E-state index in [-0.39, 0.29) is 0 Å². The predicted octanol–water partition coefficient (Wildman–Crippen LogP) is 4.33. The number of halogens is 2. The van der Waals surface area contributed by atoms with Gasteiger partial charge in [-0.25, -0.2) is 0 Å². The highest BCUT2D eigenvalue weighted by Gasteiger charge is 2.28. The van der Waals surface area contributed by atoms with Gasteiger partial charge in [-0.15, -0.1) is 0 Å². The number of hydrogen-bond donors (Lipinski definition) is 1. The van der Waals surface area contributed by atoms with Crippen molar-refractivity contribution in [1.29, 1.82) is 0 Å². The van der Waals surface area contributed by atoms with Crippen LogP contribution in [0, 0.1) is 5.92 Å². The van der Waals surface area contributed by atoms with Crippen LogP contribution < -0.4 is 5.73 Å². The quantitative estimate of drug-likeness (QED) is 0.811. The lowest BCUT2D eigenvalue weighted by molar-refractivity contribution is 0.239. The molecular weight excluding hydrogens is 368 g/mol. The van der Waals surface area contributed by atoms with Crippen LogP contribution >= 0.6 is 31.9 Å². The average Bonchev–Trinajstić information content (AvgIpc) is 2.83. The van der Waals surface area contributed by atoms with E-state index in [9.17, 15) is 0 Å². The van der Waals surface area contributed by atoms with E-state index in [1.807, 2.05) is 0 Å². The molecule has 2 unspecified atom stereocenters. The van der Waals surface area contributed by atoms with Crippen molar-refractivity contribution in [3.05, 3.63) is 32.7 Å². The predicted molar refractivity (Wildman–Crippen MR) is 88.2 cm³/mol. The molecule has 1 aliphatic heterocycles. The minimum absolute atomic E-state index is 0.353. The van der Waals surface area contributed by atoms with E-state index in [2.05, 4.69) is 61.9 Å². The molecule has 1 aromatic rings. The normalized spacial score (nSPS) is 21.8. The van der Waals surface area contributed by atoms with Crippen molar-refractivity contribution in [2.24, 2.45) is 11.7 Å². The molecule has 0 radical (unpaired) electrons. The van der Waals surface area contributed by atoms with Crippen molar-refractivity contribution >= 4 is 31.9 Å². The second-order valence-corrected chi connectivity index (χ2v) is 7.07. The van der Waals surface area contributed by atoms with Gasteiger partial charge in [-0.05, 0) is 74.9 Å². The van der Waals surface area contributed by atoms with Crippen LogP contribution in [0.15, 0.2) is 27.1 Å². The Labute approximate surface area is 133 Å². The Bertz CT molecular complexity index is 423. The summed E-state index contributed by atoms with van der Waals surface area (Å²) in [7, 11) is 0. The molecule has 1 aliphatic rings. The topological polar surface area (TPSA) is 29.3 Å². The lowest BCUT2D eigenvalue weighted by atomic mass is 10.0. The Morgan fingerprint density at radius 2 is 2.16 bits per heavy atom. The Morgan fingerprint density at radius 3 is 2.79 bits per heavy atom. The fourth-order valence-corrected chi connectivity index (χ4v) is 3.65. The molecule has 106 valence electrons. The molecule has 2 N–H and O–H groups in total. The largest absolute Gasteiger partial charge is 0.329 e. The van der Waals surface area contributed by atoms with Crippen molar-refractivity contribution < 1.29 is 0 Å². The van der Waals surface area contributed by atoms with Gasteiger partial charge in [0.05, 0.1) is 0 Å². The van der Waals surface area contributed by atoms with Crippen LogP contribution in [0.1, 0.15) is 37.8 Å². The average molecular weight is 390 g/mol. The van der Waals surface area contributed by atoms with Crippen LogP contribution in [0.2, 0.25) is 0 Å². The lowest BCUT2D eigenvalue weighted by Crippen LogP contribution is -2.32. The van der Waals surface area contributed by atoms with Crippen molar-refractivity contribution in [3.8, 4) is 0 Å². The van der Waals surface area contributed by atoms with Gasteiger partial charge in [-0.1, -0.05) is 19.4 Å². The minimum atomic E-state index is 0.353. The summed E-state index contributed by atoms with van der Waals surface area (Å²) in [6, 6.07) is 6.82. The van der Waals surface area contributed by atoms with Crippen LogP contribution in [0.4, 0.5) is 0 Å². The number of rotatable bonds is 5. The van der Waals surface area contributed by atoms with Gasteiger partial charge in [0.15, 0.2) is 0 Å². The first kappa shape index (κ1) is 15.5.